The second-order valence-corrected chi connectivity index (χ2v) is 3.72. The number of aromatic amines is 1. The number of halogens is 2. The van der Waals surface area contributed by atoms with Crippen molar-refractivity contribution in [3.8, 4) is 5.88 Å². The molecule has 1 aromatic carbocycles. The molecule has 0 spiro atoms. The zero-order chi connectivity index (χ0) is 10.3. The van der Waals surface area contributed by atoms with Crippen LogP contribution >= 0.6 is 15.9 Å². The third-order valence-corrected chi connectivity index (χ3v) is 2.40. The highest BCUT2D eigenvalue weighted by Crippen LogP contribution is 2.22. The summed E-state index contributed by atoms with van der Waals surface area (Å²) in [6.45, 7) is 0. The average molecular weight is 258 g/mol. The maximum atomic E-state index is 13.3. The van der Waals surface area contributed by atoms with Crippen molar-refractivity contribution in [2.24, 2.45) is 0 Å². The van der Waals surface area contributed by atoms with Crippen molar-refractivity contribution in [1.29, 1.82) is 0 Å². The smallest absolute Gasteiger partial charge is 0.258 e. The van der Waals surface area contributed by atoms with Crippen molar-refractivity contribution in [1.82, 2.24) is 4.98 Å². The Kier molecular flexibility index (Phi) is 2.03. The average Bonchev–Trinajstić information content (AvgIpc) is 2.14. The van der Waals surface area contributed by atoms with Crippen LogP contribution in [0.3, 0.4) is 0 Å². The molecule has 14 heavy (non-hydrogen) atoms. The zero-order valence-electron chi connectivity index (χ0n) is 6.84. The highest BCUT2D eigenvalue weighted by atomic mass is 79.9. The van der Waals surface area contributed by atoms with Crippen LogP contribution in [-0.2, 0) is 0 Å². The minimum Gasteiger partial charge on any atom is -0.492 e. The number of rotatable bonds is 0. The number of hydrogen-bond acceptors (Lipinski definition) is 2. The third-order valence-electron chi connectivity index (χ3n) is 1.90. The molecule has 2 N–H and O–H groups in total. The van der Waals surface area contributed by atoms with Crippen LogP contribution in [0.15, 0.2) is 27.5 Å². The fourth-order valence-electron chi connectivity index (χ4n) is 1.25. The summed E-state index contributed by atoms with van der Waals surface area (Å²) in [5.74, 6) is -1.54. The first kappa shape index (κ1) is 9.21. The van der Waals surface area contributed by atoms with Crippen molar-refractivity contribution in [2.45, 2.75) is 0 Å². The highest BCUT2D eigenvalue weighted by molar-refractivity contribution is 9.10. The molecular weight excluding hydrogens is 253 g/mol. The van der Waals surface area contributed by atoms with E-state index >= 15 is 0 Å². The Morgan fingerprint density at radius 2 is 2.07 bits per heavy atom. The maximum absolute atomic E-state index is 13.3. The van der Waals surface area contributed by atoms with Crippen LogP contribution < -0.4 is 5.56 Å². The van der Waals surface area contributed by atoms with E-state index in [4.69, 9.17) is 5.11 Å². The molecule has 2 rings (SSSR count). The Morgan fingerprint density at radius 3 is 2.79 bits per heavy atom. The molecule has 0 saturated heterocycles. The molecule has 5 heteroatoms. The monoisotopic (exact) mass is 257 g/mol. The lowest BCUT2D eigenvalue weighted by molar-refractivity contribution is 0.414. The SMILES string of the molecule is O=c1[nH]c(O)c(F)c2ccc(Br)cc12. The number of benzene rings is 1. The van der Waals surface area contributed by atoms with E-state index < -0.39 is 17.3 Å². The van der Waals surface area contributed by atoms with Gasteiger partial charge in [0.2, 0.25) is 5.88 Å². The number of pyridine rings is 1. The summed E-state index contributed by atoms with van der Waals surface area (Å²) in [6.07, 6.45) is 0. The van der Waals surface area contributed by atoms with Crippen LogP contribution in [0.1, 0.15) is 0 Å². The summed E-state index contributed by atoms with van der Waals surface area (Å²) >= 11 is 3.17. The van der Waals surface area contributed by atoms with Gasteiger partial charge in [-0.1, -0.05) is 15.9 Å². The largest absolute Gasteiger partial charge is 0.492 e. The van der Waals surface area contributed by atoms with E-state index in [0.717, 1.165) is 0 Å². The summed E-state index contributed by atoms with van der Waals surface area (Å²) < 4.78 is 14.0. The van der Waals surface area contributed by atoms with Crippen LogP contribution in [-0.4, -0.2) is 10.1 Å². The van der Waals surface area contributed by atoms with Crippen LogP contribution in [0.25, 0.3) is 10.8 Å². The normalized spacial score (nSPS) is 10.7. The lowest BCUT2D eigenvalue weighted by Crippen LogP contribution is -2.07. The Labute approximate surface area is 86.3 Å². The lowest BCUT2D eigenvalue weighted by atomic mass is 10.2. The number of hydrogen-bond donors (Lipinski definition) is 2. The third kappa shape index (κ3) is 1.29. The summed E-state index contributed by atoms with van der Waals surface area (Å²) in [7, 11) is 0. The first-order chi connectivity index (χ1) is 6.59. The van der Waals surface area contributed by atoms with Gasteiger partial charge in [-0.3, -0.25) is 9.78 Å². The topological polar surface area (TPSA) is 53.1 Å². The minimum atomic E-state index is -0.813. The van der Waals surface area contributed by atoms with Crippen molar-refractivity contribution in [2.75, 3.05) is 0 Å². The van der Waals surface area contributed by atoms with E-state index in [9.17, 15) is 9.18 Å². The molecule has 0 aliphatic rings. The molecule has 0 aliphatic carbocycles. The van der Waals surface area contributed by atoms with Gasteiger partial charge in [0.25, 0.3) is 5.56 Å². The first-order valence-electron chi connectivity index (χ1n) is 3.79. The second kappa shape index (κ2) is 3.09. The molecule has 0 radical (unpaired) electrons. The van der Waals surface area contributed by atoms with Crippen molar-refractivity contribution in [3.63, 3.8) is 0 Å². The molecule has 0 amide bonds. The highest BCUT2D eigenvalue weighted by Gasteiger charge is 2.09. The molecule has 0 bridgehead atoms. The quantitative estimate of drug-likeness (QED) is 0.760. The fourth-order valence-corrected chi connectivity index (χ4v) is 1.61. The van der Waals surface area contributed by atoms with Gasteiger partial charge in [0, 0.05) is 9.86 Å². The molecule has 1 heterocycles. The molecule has 0 fully saturated rings. The molecule has 72 valence electrons. The van der Waals surface area contributed by atoms with Gasteiger partial charge in [0.1, 0.15) is 0 Å². The molecule has 0 saturated carbocycles. The van der Waals surface area contributed by atoms with E-state index in [2.05, 4.69) is 15.9 Å². The summed E-state index contributed by atoms with van der Waals surface area (Å²) in [6, 6.07) is 4.53. The van der Waals surface area contributed by atoms with Crippen LogP contribution in [0.4, 0.5) is 4.39 Å². The molecular formula is C9H5BrFNO2. The van der Waals surface area contributed by atoms with Crippen molar-refractivity contribution >= 4 is 26.7 Å². The standard InChI is InChI=1S/C9H5BrFNO2/c10-4-1-2-5-6(3-4)8(13)12-9(14)7(5)11/h1-3H,(H2,12,13,14). The van der Waals surface area contributed by atoms with Crippen molar-refractivity contribution in [3.05, 3.63) is 38.8 Å². The zero-order valence-corrected chi connectivity index (χ0v) is 8.43. The maximum Gasteiger partial charge on any atom is 0.258 e. The molecule has 3 nitrogen and oxygen atoms in total. The number of aromatic nitrogens is 1. The fraction of sp³-hybridized carbons (Fsp3) is 0. The minimum absolute atomic E-state index is 0.106. The van der Waals surface area contributed by atoms with Gasteiger partial charge in [0.05, 0.1) is 5.39 Å². The number of fused-ring (bicyclic) bond motifs is 1. The number of H-pyrrole nitrogens is 1. The Balaban J connectivity index is 3.02. The van der Waals surface area contributed by atoms with Gasteiger partial charge < -0.3 is 5.11 Å². The molecule has 0 atom stereocenters. The number of aromatic hydroxyl groups is 1. The van der Waals surface area contributed by atoms with Crippen LogP contribution in [0, 0.1) is 5.82 Å². The lowest BCUT2D eigenvalue weighted by Gasteiger charge is -2.00. The Hall–Kier alpha value is -1.36. The van der Waals surface area contributed by atoms with E-state index in [-0.39, 0.29) is 10.8 Å². The molecule has 0 aliphatic heterocycles. The summed E-state index contributed by atoms with van der Waals surface area (Å²) in [5, 5.41) is 9.33. The molecule has 1 aromatic heterocycles. The van der Waals surface area contributed by atoms with E-state index in [1.807, 2.05) is 4.98 Å². The van der Waals surface area contributed by atoms with E-state index in [1.54, 1.807) is 6.07 Å². The van der Waals surface area contributed by atoms with Gasteiger partial charge in [-0.05, 0) is 18.2 Å². The van der Waals surface area contributed by atoms with Gasteiger partial charge in [0.15, 0.2) is 5.82 Å². The van der Waals surface area contributed by atoms with Gasteiger partial charge >= 0.3 is 0 Å². The second-order valence-electron chi connectivity index (χ2n) is 2.81. The van der Waals surface area contributed by atoms with Crippen molar-refractivity contribution < 1.29 is 9.50 Å². The van der Waals surface area contributed by atoms with Crippen LogP contribution in [0.2, 0.25) is 0 Å². The Bertz CT molecular complexity index is 564. The van der Waals surface area contributed by atoms with Gasteiger partial charge in [-0.2, -0.15) is 0 Å². The van der Waals surface area contributed by atoms with E-state index in [1.165, 1.54) is 12.1 Å². The number of nitrogens with one attached hydrogen (secondary N) is 1. The summed E-state index contributed by atoms with van der Waals surface area (Å²) in [4.78, 5) is 13.3. The predicted molar refractivity (Wildman–Crippen MR) is 53.9 cm³/mol. The molecule has 2 aromatic rings. The van der Waals surface area contributed by atoms with Crippen LogP contribution in [0.5, 0.6) is 5.88 Å². The van der Waals surface area contributed by atoms with Gasteiger partial charge in [-0.25, -0.2) is 4.39 Å². The summed E-state index contributed by atoms with van der Waals surface area (Å²) in [5.41, 5.74) is -0.514. The van der Waals surface area contributed by atoms with E-state index in [0.29, 0.717) is 4.47 Å². The molecule has 0 unspecified atom stereocenters. The Morgan fingerprint density at radius 1 is 1.36 bits per heavy atom. The predicted octanol–water partition coefficient (Wildman–Crippen LogP) is 2.14. The van der Waals surface area contributed by atoms with Gasteiger partial charge in [-0.15, -0.1) is 0 Å². The first-order valence-corrected chi connectivity index (χ1v) is 4.59.